The molecule has 0 spiro atoms. The number of aromatic amines is 1. The molecule has 0 bridgehead atoms. The molecule has 1 saturated heterocycles. The highest BCUT2D eigenvalue weighted by Crippen LogP contribution is 2.44. The number of halogens is 6. The minimum absolute atomic E-state index is 0.471. The molecule has 2 N–H and O–H groups in total. The molecule has 2 aliphatic heterocycles. The lowest BCUT2D eigenvalue weighted by molar-refractivity contribution is -0.289. The summed E-state index contributed by atoms with van der Waals surface area (Å²) >= 11 is 0. The summed E-state index contributed by atoms with van der Waals surface area (Å²) in [6, 6.07) is 13.8. The molecular formula is C33H44F6N4. The van der Waals surface area contributed by atoms with Gasteiger partial charge < -0.3 is 10.3 Å². The van der Waals surface area contributed by atoms with Crippen molar-refractivity contribution in [3.8, 4) is 0 Å². The third-order valence-electron chi connectivity index (χ3n) is 8.04. The number of para-hydroxylation sites is 1. The summed E-state index contributed by atoms with van der Waals surface area (Å²) in [5.74, 6) is -4.14. The van der Waals surface area contributed by atoms with Crippen molar-refractivity contribution >= 4 is 16.6 Å². The Morgan fingerprint density at radius 3 is 2.19 bits per heavy atom. The van der Waals surface area contributed by atoms with Crippen LogP contribution >= 0.6 is 0 Å². The van der Waals surface area contributed by atoms with Gasteiger partial charge in [-0.3, -0.25) is 14.2 Å². The molecule has 0 unspecified atom stereocenters. The minimum atomic E-state index is -5.63. The van der Waals surface area contributed by atoms with Crippen LogP contribution in [-0.4, -0.2) is 66.3 Å². The Morgan fingerprint density at radius 1 is 0.977 bits per heavy atom. The van der Waals surface area contributed by atoms with E-state index in [4.69, 9.17) is 0 Å². The first-order valence-electron chi connectivity index (χ1n) is 14.9. The second kappa shape index (κ2) is 14.7. The fraction of sp³-hybridized carbons (Fsp3) is 0.515. The number of nitrogens with one attached hydrogen (secondary N) is 2. The predicted octanol–water partition coefficient (Wildman–Crippen LogP) is 8.97. The molecule has 0 saturated carbocycles. The van der Waals surface area contributed by atoms with Crippen molar-refractivity contribution < 1.29 is 26.3 Å². The Labute approximate surface area is 251 Å². The molecule has 0 amide bonds. The average molecular weight is 611 g/mol. The number of hydrogen-bond donors (Lipinski definition) is 2. The summed E-state index contributed by atoms with van der Waals surface area (Å²) in [6.45, 7) is 11.4. The van der Waals surface area contributed by atoms with Gasteiger partial charge in [-0.25, -0.2) is 0 Å². The Bertz CT molecular complexity index is 1330. The van der Waals surface area contributed by atoms with E-state index in [1.54, 1.807) is 6.92 Å². The summed E-state index contributed by atoms with van der Waals surface area (Å²) in [6.07, 6.45) is -2.54. The highest BCUT2D eigenvalue weighted by atomic mass is 19.4. The fourth-order valence-corrected chi connectivity index (χ4v) is 5.92. The molecule has 2 aromatic carbocycles. The Kier molecular flexibility index (Phi) is 11.8. The summed E-state index contributed by atoms with van der Waals surface area (Å²) in [5.41, 5.74) is 5.07. The van der Waals surface area contributed by atoms with Gasteiger partial charge in [-0.2, -0.15) is 22.0 Å². The van der Waals surface area contributed by atoms with E-state index in [1.807, 2.05) is 75.4 Å². The summed E-state index contributed by atoms with van der Waals surface area (Å²) in [7, 11) is 0.500. The van der Waals surface area contributed by atoms with E-state index in [1.165, 1.54) is 4.90 Å². The molecule has 0 radical (unpaired) electrons. The second-order valence-electron chi connectivity index (χ2n) is 11.1. The fourth-order valence-electron chi connectivity index (χ4n) is 5.92. The summed E-state index contributed by atoms with van der Waals surface area (Å²) in [5, 5.41) is 4.41. The first-order chi connectivity index (χ1) is 20.5. The molecule has 3 heterocycles. The Morgan fingerprint density at radius 2 is 1.60 bits per heavy atom. The van der Waals surface area contributed by atoms with Gasteiger partial charge in [0.05, 0.1) is 19.8 Å². The smallest absolute Gasteiger partial charge is 0.358 e. The third kappa shape index (κ3) is 7.76. The van der Waals surface area contributed by atoms with Crippen LogP contribution in [0.3, 0.4) is 0 Å². The Balaban J connectivity index is 0.00000121. The number of likely N-dealkylation sites (tertiary alicyclic amines) is 1. The van der Waals surface area contributed by atoms with E-state index in [0.29, 0.717) is 37.2 Å². The number of aryl methyl sites for hydroxylation is 1. The van der Waals surface area contributed by atoms with Crippen LogP contribution in [0.2, 0.25) is 0 Å². The zero-order chi connectivity index (χ0) is 31.9. The van der Waals surface area contributed by atoms with E-state index in [2.05, 4.69) is 22.1 Å². The van der Waals surface area contributed by atoms with Crippen molar-refractivity contribution in [2.45, 2.75) is 71.6 Å². The SMILES string of the molecule is C/C=C(/CN1CC(C)C1)Nc1ccc([C@@H]2c3[nH]c4ccccc4c3CC[C@@H](C)N2CC(F)(F)C(F)(F)F)cc1.CC.CF. The van der Waals surface area contributed by atoms with Gasteiger partial charge in [0, 0.05) is 53.7 Å². The number of anilines is 1. The molecular weight excluding hydrogens is 566 g/mol. The second-order valence-corrected chi connectivity index (χ2v) is 11.1. The monoisotopic (exact) mass is 610 g/mol. The van der Waals surface area contributed by atoms with Gasteiger partial charge in [-0.05, 0) is 61.9 Å². The molecule has 5 rings (SSSR count). The van der Waals surface area contributed by atoms with Gasteiger partial charge in [0.1, 0.15) is 0 Å². The van der Waals surface area contributed by atoms with E-state index in [9.17, 15) is 26.3 Å². The first kappa shape index (κ1) is 34.5. The van der Waals surface area contributed by atoms with E-state index in [0.717, 1.165) is 47.5 Å². The van der Waals surface area contributed by atoms with E-state index >= 15 is 0 Å². The Hall–Kier alpha value is -2.98. The van der Waals surface area contributed by atoms with Gasteiger partial charge in [0.2, 0.25) is 0 Å². The molecule has 2 aliphatic rings. The van der Waals surface area contributed by atoms with Gasteiger partial charge in [-0.15, -0.1) is 0 Å². The standard InChI is InChI=1S/C30H35F5N4.C2H6.CH3F/c1-4-22(17-38-15-19(2)16-38)36-23-12-10-21(11-13-23)28-27-25(24-7-5-6-8-26(24)37-27)14-9-20(3)39(28)18-29(31,32)30(33,34)35;2*1-2/h4-8,10-13,19-20,28,36-37H,9,14-18H2,1-3H3;1-2H3;1H3/b22-4-;;/t20-,28-;;/m1../s1. The maximum atomic E-state index is 14.5. The van der Waals surface area contributed by atoms with Crippen LogP contribution in [-0.2, 0) is 6.42 Å². The third-order valence-corrected chi connectivity index (χ3v) is 8.04. The molecule has 2 atom stereocenters. The van der Waals surface area contributed by atoms with Crippen molar-refractivity contribution in [2.75, 3.05) is 38.7 Å². The highest BCUT2D eigenvalue weighted by molar-refractivity contribution is 5.85. The summed E-state index contributed by atoms with van der Waals surface area (Å²) < 4.78 is 78.6. The number of H-pyrrole nitrogens is 1. The zero-order valence-corrected chi connectivity index (χ0v) is 25.8. The molecule has 3 aromatic rings. The number of hydrogen-bond acceptors (Lipinski definition) is 3. The van der Waals surface area contributed by atoms with Crippen LogP contribution in [0.15, 0.2) is 60.3 Å². The van der Waals surface area contributed by atoms with Crippen LogP contribution < -0.4 is 5.32 Å². The molecule has 4 nitrogen and oxygen atoms in total. The maximum Gasteiger partial charge on any atom is 0.454 e. The van der Waals surface area contributed by atoms with Crippen LogP contribution in [0.4, 0.5) is 32.0 Å². The van der Waals surface area contributed by atoms with E-state index < -0.39 is 30.7 Å². The van der Waals surface area contributed by atoms with Crippen LogP contribution in [0.25, 0.3) is 10.9 Å². The molecule has 238 valence electrons. The van der Waals surface area contributed by atoms with Gasteiger partial charge in [-0.1, -0.05) is 57.2 Å². The largest absolute Gasteiger partial charge is 0.454 e. The van der Waals surface area contributed by atoms with Crippen molar-refractivity contribution in [3.05, 3.63) is 77.1 Å². The number of fused-ring (bicyclic) bond motifs is 3. The van der Waals surface area contributed by atoms with Gasteiger partial charge in [0.15, 0.2) is 0 Å². The minimum Gasteiger partial charge on any atom is -0.358 e. The molecule has 1 aromatic heterocycles. The highest BCUT2D eigenvalue weighted by Gasteiger charge is 2.59. The van der Waals surface area contributed by atoms with E-state index in [-0.39, 0.29) is 0 Å². The molecule has 0 aliphatic carbocycles. The van der Waals surface area contributed by atoms with Crippen LogP contribution in [0, 0.1) is 5.92 Å². The average Bonchev–Trinajstić information content (AvgIpc) is 3.28. The molecule has 1 fully saturated rings. The normalized spacial score (nSPS) is 20.2. The van der Waals surface area contributed by atoms with Crippen LogP contribution in [0.5, 0.6) is 0 Å². The topological polar surface area (TPSA) is 34.3 Å². The van der Waals surface area contributed by atoms with Gasteiger partial charge >= 0.3 is 12.1 Å². The number of allylic oxidation sites excluding steroid dienone is 1. The zero-order valence-electron chi connectivity index (χ0n) is 25.8. The lowest BCUT2D eigenvalue weighted by Crippen LogP contribution is -2.50. The first-order valence-corrected chi connectivity index (χ1v) is 14.9. The lowest BCUT2D eigenvalue weighted by Gasteiger charge is -2.38. The molecule has 43 heavy (non-hydrogen) atoms. The number of rotatable bonds is 7. The predicted molar refractivity (Wildman–Crippen MR) is 163 cm³/mol. The number of benzene rings is 2. The maximum absolute atomic E-state index is 14.5. The number of alkyl halides is 6. The quantitative estimate of drug-likeness (QED) is 0.262. The molecule has 10 heteroatoms. The number of nitrogens with zero attached hydrogens (tertiary/aromatic N) is 2. The summed E-state index contributed by atoms with van der Waals surface area (Å²) in [4.78, 5) is 7.05. The van der Waals surface area contributed by atoms with Crippen LogP contribution in [0.1, 0.15) is 63.9 Å². The lowest BCUT2D eigenvalue weighted by atomic mass is 9.97. The van der Waals surface area contributed by atoms with Crippen molar-refractivity contribution in [2.24, 2.45) is 5.92 Å². The van der Waals surface area contributed by atoms with Crippen molar-refractivity contribution in [1.82, 2.24) is 14.8 Å². The van der Waals surface area contributed by atoms with Crippen molar-refractivity contribution in [3.63, 3.8) is 0 Å². The van der Waals surface area contributed by atoms with Gasteiger partial charge in [0.25, 0.3) is 0 Å². The van der Waals surface area contributed by atoms with Crippen molar-refractivity contribution in [1.29, 1.82) is 0 Å². The number of aromatic nitrogens is 1.